The van der Waals surface area contributed by atoms with Gasteiger partial charge in [0.05, 0.1) is 0 Å². The summed E-state index contributed by atoms with van der Waals surface area (Å²) < 4.78 is 12.8. The van der Waals surface area contributed by atoms with E-state index in [4.69, 9.17) is 0 Å². The zero-order chi connectivity index (χ0) is 11.9. The van der Waals surface area contributed by atoms with Gasteiger partial charge in [-0.3, -0.25) is 9.69 Å². The van der Waals surface area contributed by atoms with E-state index in [1.807, 2.05) is 0 Å². The number of nitrogens with zero attached hydrogens (tertiary/aromatic N) is 1. The molecule has 1 aliphatic heterocycles. The molecule has 1 aliphatic rings. The van der Waals surface area contributed by atoms with Crippen LogP contribution in [0.25, 0.3) is 0 Å². The molecule has 3 amide bonds. The van der Waals surface area contributed by atoms with Crippen LogP contribution >= 0.6 is 0 Å². The number of nitrogens with one attached hydrogen (secondary N) is 1. The molecule has 1 atom stereocenters. The zero-order valence-electron chi connectivity index (χ0n) is 8.95. The number of imide groups is 1. The number of carbonyl (C=O) groups is 2. The Labute approximate surface area is 92.0 Å². The predicted molar refractivity (Wildman–Crippen MR) is 55.1 cm³/mol. The Bertz CT molecular complexity index is 458. The molecule has 0 radical (unpaired) electrons. The Morgan fingerprint density at radius 3 is 2.25 bits per heavy atom. The van der Waals surface area contributed by atoms with Gasteiger partial charge in [-0.1, -0.05) is 12.1 Å². The molecule has 0 aromatic heterocycles. The van der Waals surface area contributed by atoms with Gasteiger partial charge in [-0.2, -0.15) is 0 Å². The van der Waals surface area contributed by atoms with Gasteiger partial charge in [0.1, 0.15) is 11.4 Å². The summed E-state index contributed by atoms with van der Waals surface area (Å²) in [6.45, 7) is 1.60. The summed E-state index contributed by atoms with van der Waals surface area (Å²) >= 11 is 0. The molecule has 1 heterocycles. The molecule has 1 N–H and O–H groups in total. The summed E-state index contributed by atoms with van der Waals surface area (Å²) in [6.07, 6.45) is 0. The van der Waals surface area contributed by atoms with Crippen molar-refractivity contribution in [1.29, 1.82) is 0 Å². The largest absolute Gasteiger partial charge is 0.325 e. The maximum absolute atomic E-state index is 12.8. The van der Waals surface area contributed by atoms with Crippen LogP contribution in [0.2, 0.25) is 0 Å². The van der Waals surface area contributed by atoms with Gasteiger partial charge >= 0.3 is 6.03 Å². The lowest BCUT2D eigenvalue weighted by Crippen LogP contribution is -2.40. The third-order valence-electron chi connectivity index (χ3n) is 2.82. The molecule has 0 spiro atoms. The van der Waals surface area contributed by atoms with Crippen molar-refractivity contribution in [2.75, 3.05) is 7.05 Å². The molecule has 1 saturated heterocycles. The molecule has 16 heavy (non-hydrogen) atoms. The first-order chi connectivity index (χ1) is 7.45. The fourth-order valence-corrected chi connectivity index (χ4v) is 1.76. The number of carbonyl (C=O) groups excluding carboxylic acids is 2. The Hall–Kier alpha value is -1.91. The minimum Gasteiger partial charge on any atom is -0.319 e. The van der Waals surface area contributed by atoms with Crippen LogP contribution in [0.4, 0.5) is 9.18 Å². The van der Waals surface area contributed by atoms with Crippen LogP contribution in [0.5, 0.6) is 0 Å². The van der Waals surface area contributed by atoms with E-state index in [0.717, 1.165) is 4.90 Å². The van der Waals surface area contributed by atoms with Crippen molar-refractivity contribution in [1.82, 2.24) is 10.2 Å². The summed E-state index contributed by atoms with van der Waals surface area (Å²) in [5.74, 6) is -0.721. The van der Waals surface area contributed by atoms with Crippen molar-refractivity contribution in [2.24, 2.45) is 0 Å². The molecule has 0 unspecified atom stereocenters. The Morgan fingerprint density at radius 1 is 1.25 bits per heavy atom. The molecule has 2 rings (SSSR count). The normalized spacial score (nSPS) is 24.8. The molecule has 0 bridgehead atoms. The average molecular weight is 222 g/mol. The molecule has 1 fully saturated rings. The summed E-state index contributed by atoms with van der Waals surface area (Å²) in [7, 11) is 1.41. The standard InChI is InChI=1S/C11H11FN2O2/c1-11(7-3-5-8(12)6-4-7)9(15)14(2)10(16)13-11/h3-6H,1-2H3,(H,13,16)/t11-/m1/s1. The SMILES string of the molecule is CN1C(=O)N[C@](C)(c2ccc(F)cc2)C1=O. The van der Waals surface area contributed by atoms with Crippen LogP contribution < -0.4 is 5.32 Å². The first kappa shape index (κ1) is 10.6. The van der Waals surface area contributed by atoms with Crippen LogP contribution in [0, 0.1) is 5.82 Å². The predicted octanol–water partition coefficient (Wildman–Crippen LogP) is 1.22. The number of halogens is 1. The van der Waals surface area contributed by atoms with Crippen molar-refractivity contribution < 1.29 is 14.0 Å². The first-order valence-corrected chi connectivity index (χ1v) is 4.81. The molecule has 0 saturated carbocycles. The highest BCUT2D eigenvalue weighted by atomic mass is 19.1. The Kier molecular flexibility index (Phi) is 2.18. The number of hydrogen-bond acceptors (Lipinski definition) is 2. The number of hydrogen-bond donors (Lipinski definition) is 1. The van der Waals surface area contributed by atoms with Crippen LogP contribution in [0.3, 0.4) is 0 Å². The fourth-order valence-electron chi connectivity index (χ4n) is 1.76. The van der Waals surface area contributed by atoms with E-state index >= 15 is 0 Å². The molecule has 5 heteroatoms. The van der Waals surface area contributed by atoms with Crippen LogP contribution in [-0.2, 0) is 10.3 Å². The smallest absolute Gasteiger partial charge is 0.319 e. The number of urea groups is 1. The highest BCUT2D eigenvalue weighted by Gasteiger charge is 2.47. The summed E-state index contributed by atoms with van der Waals surface area (Å²) in [5, 5.41) is 2.58. The van der Waals surface area contributed by atoms with Gasteiger partial charge in [0, 0.05) is 7.05 Å². The van der Waals surface area contributed by atoms with Gasteiger partial charge in [0.25, 0.3) is 5.91 Å². The van der Waals surface area contributed by atoms with E-state index in [9.17, 15) is 14.0 Å². The van der Waals surface area contributed by atoms with Gasteiger partial charge in [-0.25, -0.2) is 9.18 Å². The van der Waals surface area contributed by atoms with Gasteiger partial charge in [-0.05, 0) is 24.6 Å². The van der Waals surface area contributed by atoms with Crippen LogP contribution in [0.15, 0.2) is 24.3 Å². The number of benzene rings is 1. The summed E-state index contributed by atoms with van der Waals surface area (Å²) in [4.78, 5) is 24.2. The Balaban J connectivity index is 2.44. The fraction of sp³-hybridized carbons (Fsp3) is 0.273. The molecular formula is C11H11FN2O2. The van der Waals surface area contributed by atoms with Gasteiger partial charge in [0.15, 0.2) is 0 Å². The van der Waals surface area contributed by atoms with E-state index in [1.54, 1.807) is 6.92 Å². The van der Waals surface area contributed by atoms with Crippen LogP contribution in [0.1, 0.15) is 12.5 Å². The molecule has 1 aromatic rings. The molecule has 1 aromatic carbocycles. The van der Waals surface area contributed by atoms with E-state index < -0.39 is 11.6 Å². The lowest BCUT2D eigenvalue weighted by Gasteiger charge is -2.21. The number of likely N-dealkylation sites (N-methyl/N-ethyl adjacent to an activating group) is 1. The zero-order valence-corrected chi connectivity index (χ0v) is 8.95. The van der Waals surface area contributed by atoms with Gasteiger partial charge in [0.2, 0.25) is 0 Å². The quantitative estimate of drug-likeness (QED) is 0.726. The highest BCUT2D eigenvalue weighted by molar-refractivity contribution is 6.06. The second kappa shape index (κ2) is 3.30. The number of amides is 3. The minimum absolute atomic E-state index is 0.343. The third-order valence-corrected chi connectivity index (χ3v) is 2.82. The van der Waals surface area contributed by atoms with Crippen molar-refractivity contribution >= 4 is 11.9 Å². The van der Waals surface area contributed by atoms with Gasteiger partial charge in [-0.15, -0.1) is 0 Å². The van der Waals surface area contributed by atoms with E-state index in [1.165, 1.54) is 31.3 Å². The van der Waals surface area contributed by atoms with Crippen molar-refractivity contribution in [2.45, 2.75) is 12.5 Å². The lowest BCUT2D eigenvalue weighted by molar-refractivity contribution is -0.130. The third kappa shape index (κ3) is 1.36. The summed E-state index contributed by atoms with van der Waals surface area (Å²) in [6, 6.07) is 5.06. The van der Waals surface area contributed by atoms with E-state index in [2.05, 4.69) is 5.32 Å². The van der Waals surface area contributed by atoms with Gasteiger partial charge < -0.3 is 5.32 Å². The maximum atomic E-state index is 12.8. The summed E-state index contributed by atoms with van der Waals surface area (Å²) in [5.41, 5.74) is -0.531. The number of rotatable bonds is 1. The maximum Gasteiger partial charge on any atom is 0.325 e. The van der Waals surface area contributed by atoms with Crippen molar-refractivity contribution in [3.05, 3.63) is 35.6 Å². The van der Waals surface area contributed by atoms with Crippen LogP contribution in [-0.4, -0.2) is 23.9 Å². The average Bonchev–Trinajstić information content (AvgIpc) is 2.45. The topological polar surface area (TPSA) is 49.4 Å². The molecule has 84 valence electrons. The van der Waals surface area contributed by atoms with Crippen molar-refractivity contribution in [3.8, 4) is 0 Å². The second-order valence-electron chi connectivity index (χ2n) is 3.93. The van der Waals surface area contributed by atoms with E-state index in [0.29, 0.717) is 5.56 Å². The molecule has 4 nitrogen and oxygen atoms in total. The highest BCUT2D eigenvalue weighted by Crippen LogP contribution is 2.27. The molecular weight excluding hydrogens is 211 g/mol. The Morgan fingerprint density at radius 2 is 1.81 bits per heavy atom. The lowest BCUT2D eigenvalue weighted by atomic mass is 9.92. The van der Waals surface area contributed by atoms with E-state index in [-0.39, 0.29) is 11.7 Å². The minimum atomic E-state index is -1.10. The van der Waals surface area contributed by atoms with Crippen molar-refractivity contribution in [3.63, 3.8) is 0 Å². The monoisotopic (exact) mass is 222 g/mol. The molecule has 0 aliphatic carbocycles. The second-order valence-corrected chi connectivity index (χ2v) is 3.93. The first-order valence-electron chi connectivity index (χ1n) is 4.81.